The Morgan fingerprint density at radius 2 is 1.97 bits per heavy atom. The Morgan fingerprint density at radius 1 is 1.19 bits per heavy atom. The van der Waals surface area contributed by atoms with Gasteiger partial charge in [-0.25, -0.2) is 13.4 Å². The average Bonchev–Trinajstić information content (AvgIpc) is 3.34. The number of rotatable bonds is 6. The second kappa shape index (κ2) is 8.40. The molecule has 0 bridgehead atoms. The fourth-order valence-electron chi connectivity index (χ4n) is 3.52. The van der Waals surface area contributed by atoms with E-state index in [-0.39, 0.29) is 29.7 Å². The fourth-order valence-corrected chi connectivity index (χ4v) is 5.15. The van der Waals surface area contributed by atoms with Crippen molar-refractivity contribution in [1.82, 2.24) is 4.98 Å². The smallest absolute Gasteiger partial charge is 0.231 e. The van der Waals surface area contributed by atoms with Gasteiger partial charge in [0.05, 0.1) is 40.9 Å². The van der Waals surface area contributed by atoms with Crippen LogP contribution in [0.2, 0.25) is 0 Å². The van der Waals surface area contributed by atoms with Crippen LogP contribution < -0.4 is 19.7 Å². The summed E-state index contributed by atoms with van der Waals surface area (Å²) in [6.07, 6.45) is 1.20. The van der Waals surface area contributed by atoms with Crippen LogP contribution in [0.15, 0.2) is 41.3 Å². The lowest BCUT2D eigenvalue weighted by atomic mass is 10.1. The molecule has 1 aliphatic heterocycles. The summed E-state index contributed by atoms with van der Waals surface area (Å²) in [4.78, 5) is 31.5. The number of carbonyl (C=O) groups excluding carboxylic acids is 2. The zero-order valence-electron chi connectivity index (χ0n) is 17.6. The van der Waals surface area contributed by atoms with Crippen LogP contribution in [0.5, 0.6) is 11.5 Å². The minimum absolute atomic E-state index is 0.0597. The van der Waals surface area contributed by atoms with E-state index in [1.54, 1.807) is 31.4 Å². The molecule has 1 N–H and O–H groups in total. The highest BCUT2D eigenvalue weighted by atomic mass is 32.2. The van der Waals surface area contributed by atoms with Crippen LogP contribution in [0, 0.1) is 5.92 Å². The van der Waals surface area contributed by atoms with E-state index in [9.17, 15) is 18.0 Å². The van der Waals surface area contributed by atoms with Gasteiger partial charge in [0.15, 0.2) is 15.0 Å². The van der Waals surface area contributed by atoms with Gasteiger partial charge in [-0.3, -0.25) is 9.59 Å². The van der Waals surface area contributed by atoms with Crippen molar-refractivity contribution in [1.29, 1.82) is 0 Å². The quantitative estimate of drug-likeness (QED) is 0.583. The van der Waals surface area contributed by atoms with E-state index in [1.165, 1.54) is 35.5 Å². The molecule has 1 aliphatic rings. The number of fused-ring (bicyclic) bond motifs is 1. The summed E-state index contributed by atoms with van der Waals surface area (Å²) >= 11 is 1.18. The zero-order chi connectivity index (χ0) is 23.0. The van der Waals surface area contributed by atoms with Gasteiger partial charge in [-0.15, -0.1) is 0 Å². The summed E-state index contributed by atoms with van der Waals surface area (Å²) in [7, 11) is -0.293. The molecule has 0 aliphatic carbocycles. The first kappa shape index (κ1) is 22.0. The molecule has 4 rings (SSSR count). The molecule has 1 aromatic heterocycles. The van der Waals surface area contributed by atoms with Crippen LogP contribution in [-0.4, -0.2) is 52.2 Å². The van der Waals surface area contributed by atoms with Crippen molar-refractivity contribution in [2.24, 2.45) is 5.92 Å². The van der Waals surface area contributed by atoms with Crippen LogP contribution in [0.3, 0.4) is 0 Å². The van der Waals surface area contributed by atoms with Gasteiger partial charge in [0.25, 0.3) is 0 Å². The van der Waals surface area contributed by atoms with Crippen LogP contribution in [-0.2, 0) is 19.4 Å². The summed E-state index contributed by atoms with van der Waals surface area (Å²) in [6, 6.07) is 9.76. The molecule has 32 heavy (non-hydrogen) atoms. The number of sulfone groups is 1. The highest BCUT2D eigenvalue weighted by molar-refractivity contribution is 7.90. The maximum Gasteiger partial charge on any atom is 0.231 e. The van der Waals surface area contributed by atoms with E-state index in [0.29, 0.717) is 32.5 Å². The maximum atomic E-state index is 12.8. The third kappa shape index (κ3) is 4.26. The largest absolute Gasteiger partial charge is 0.497 e. The molecule has 3 aromatic rings. The number of hydrogen-bond donors (Lipinski definition) is 1. The van der Waals surface area contributed by atoms with Crippen LogP contribution in [0.25, 0.3) is 10.2 Å². The summed E-state index contributed by atoms with van der Waals surface area (Å²) in [5, 5.41) is 3.11. The zero-order valence-corrected chi connectivity index (χ0v) is 19.2. The van der Waals surface area contributed by atoms with Gasteiger partial charge in [-0.05, 0) is 30.3 Å². The van der Waals surface area contributed by atoms with Crippen molar-refractivity contribution in [3.05, 3.63) is 36.4 Å². The first-order valence-electron chi connectivity index (χ1n) is 9.63. The molecule has 0 radical (unpaired) electrons. The van der Waals surface area contributed by atoms with E-state index in [1.807, 2.05) is 0 Å². The number of amides is 2. The molecule has 0 spiro atoms. The molecule has 0 unspecified atom stereocenters. The lowest BCUT2D eigenvalue weighted by molar-refractivity contribution is -0.122. The Bertz CT molecular complexity index is 1320. The monoisotopic (exact) mass is 475 g/mol. The minimum atomic E-state index is -3.34. The number of aromatic nitrogens is 1. The molecular weight excluding hydrogens is 454 g/mol. The summed E-state index contributed by atoms with van der Waals surface area (Å²) in [6.45, 7) is 0.205. The number of methoxy groups -OCH3 is 2. The van der Waals surface area contributed by atoms with Crippen molar-refractivity contribution in [3.8, 4) is 11.5 Å². The first-order chi connectivity index (χ1) is 15.2. The van der Waals surface area contributed by atoms with Gasteiger partial charge < -0.3 is 19.7 Å². The first-order valence-corrected chi connectivity index (χ1v) is 12.3. The van der Waals surface area contributed by atoms with Gasteiger partial charge in [-0.1, -0.05) is 11.3 Å². The molecule has 9 nitrogen and oxygen atoms in total. The molecule has 2 amide bonds. The SMILES string of the molecule is COc1ccc(N2C[C@@H](C(=O)Nc3nc4ccc(S(C)(=O)=O)cc4s3)CC2=O)c(OC)c1. The second-order valence-corrected chi connectivity index (χ2v) is 10.4. The number of benzene rings is 2. The predicted molar refractivity (Wildman–Crippen MR) is 121 cm³/mol. The number of thiazole rings is 1. The molecular formula is C21H21N3O6S2. The molecule has 1 atom stereocenters. The Hall–Kier alpha value is -3.18. The maximum absolute atomic E-state index is 12.8. The van der Waals surface area contributed by atoms with E-state index in [2.05, 4.69) is 10.3 Å². The van der Waals surface area contributed by atoms with E-state index < -0.39 is 15.8 Å². The van der Waals surface area contributed by atoms with Gasteiger partial charge in [-0.2, -0.15) is 0 Å². The Balaban J connectivity index is 1.51. The lowest BCUT2D eigenvalue weighted by Crippen LogP contribution is -2.28. The van der Waals surface area contributed by atoms with Crippen molar-refractivity contribution < 1.29 is 27.5 Å². The highest BCUT2D eigenvalue weighted by Crippen LogP contribution is 2.36. The van der Waals surface area contributed by atoms with E-state index in [0.717, 1.165) is 6.26 Å². The van der Waals surface area contributed by atoms with Gasteiger partial charge >= 0.3 is 0 Å². The van der Waals surface area contributed by atoms with Gasteiger partial charge in [0.2, 0.25) is 11.8 Å². The molecule has 2 aromatic carbocycles. The molecule has 11 heteroatoms. The Kier molecular flexibility index (Phi) is 5.78. The standard InChI is InChI=1S/C21H21N3O6S2/c1-29-13-4-7-16(17(9-13)30-2)24-11-12(8-19(24)25)20(26)23-21-22-15-6-5-14(32(3,27)28)10-18(15)31-21/h4-7,9-10,12H,8,11H2,1-3H3,(H,22,23,26)/t12-/m0/s1. The van der Waals surface area contributed by atoms with Crippen LogP contribution in [0.4, 0.5) is 10.8 Å². The van der Waals surface area contributed by atoms with E-state index in [4.69, 9.17) is 9.47 Å². The molecule has 168 valence electrons. The van der Waals surface area contributed by atoms with Crippen molar-refractivity contribution in [2.75, 3.05) is 37.2 Å². The van der Waals surface area contributed by atoms with Crippen molar-refractivity contribution >= 4 is 54.0 Å². The number of nitrogens with one attached hydrogen (secondary N) is 1. The Morgan fingerprint density at radius 3 is 2.66 bits per heavy atom. The molecule has 2 heterocycles. The van der Waals surface area contributed by atoms with Gasteiger partial charge in [0.1, 0.15) is 11.5 Å². The summed E-state index contributed by atoms with van der Waals surface area (Å²) in [5.41, 5.74) is 1.16. The van der Waals surface area contributed by atoms with E-state index >= 15 is 0 Å². The van der Waals surface area contributed by atoms with Crippen LogP contribution >= 0.6 is 11.3 Å². The average molecular weight is 476 g/mol. The number of anilines is 2. The highest BCUT2D eigenvalue weighted by Gasteiger charge is 2.36. The predicted octanol–water partition coefficient (Wildman–Crippen LogP) is 2.71. The molecule has 1 saturated heterocycles. The number of hydrogen-bond acceptors (Lipinski definition) is 8. The normalized spacial score (nSPS) is 16.4. The number of nitrogens with zero attached hydrogens (tertiary/aromatic N) is 2. The minimum Gasteiger partial charge on any atom is -0.497 e. The number of ether oxygens (including phenoxy) is 2. The molecule has 1 fully saturated rings. The van der Waals surface area contributed by atoms with Crippen molar-refractivity contribution in [2.45, 2.75) is 11.3 Å². The van der Waals surface area contributed by atoms with Crippen molar-refractivity contribution in [3.63, 3.8) is 0 Å². The summed E-state index contributed by atoms with van der Waals surface area (Å²) in [5.74, 6) is 0.00681. The Labute approximate surface area is 188 Å². The fraction of sp³-hybridized carbons (Fsp3) is 0.286. The third-order valence-corrected chi connectivity index (χ3v) is 7.24. The summed E-state index contributed by atoms with van der Waals surface area (Å²) < 4.78 is 34.7. The van der Waals surface area contributed by atoms with Gasteiger partial charge in [0, 0.05) is 25.3 Å². The lowest BCUT2D eigenvalue weighted by Gasteiger charge is -2.20. The van der Waals surface area contributed by atoms with Crippen LogP contribution in [0.1, 0.15) is 6.42 Å². The second-order valence-electron chi connectivity index (χ2n) is 7.35. The number of carbonyl (C=O) groups is 2. The third-order valence-electron chi connectivity index (χ3n) is 5.19. The molecule has 0 saturated carbocycles. The topological polar surface area (TPSA) is 115 Å².